The summed E-state index contributed by atoms with van der Waals surface area (Å²) in [6.07, 6.45) is 11.9. The summed E-state index contributed by atoms with van der Waals surface area (Å²) < 4.78 is 0. The van der Waals surface area contributed by atoms with E-state index in [-0.39, 0.29) is 10.8 Å². The van der Waals surface area contributed by atoms with Crippen molar-refractivity contribution in [3.63, 3.8) is 0 Å². The molecule has 1 saturated carbocycles. The van der Waals surface area contributed by atoms with E-state index in [9.17, 15) is 4.79 Å². The molecule has 5 rings (SSSR count). The smallest absolute Gasteiger partial charge is 0.229 e. The maximum absolute atomic E-state index is 14.6. The van der Waals surface area contributed by atoms with Crippen LogP contribution in [0.15, 0.2) is 84.0 Å². The molecular weight excluding hydrogens is 438 g/mol. The summed E-state index contributed by atoms with van der Waals surface area (Å²) in [6.45, 7) is 10.8. The molecule has 4 atom stereocenters. The van der Waals surface area contributed by atoms with Gasteiger partial charge in [0, 0.05) is 13.1 Å². The molecule has 190 valence electrons. The van der Waals surface area contributed by atoms with Crippen molar-refractivity contribution in [2.75, 3.05) is 0 Å². The number of carbonyl (C=O) groups is 1. The maximum Gasteiger partial charge on any atom is 0.229 e. The Morgan fingerprint density at radius 2 is 1.56 bits per heavy atom. The lowest BCUT2D eigenvalue weighted by atomic mass is 9.46. The fourth-order valence-corrected chi connectivity index (χ4v) is 7.77. The quantitative estimate of drug-likeness (QED) is 0.406. The highest BCUT2D eigenvalue weighted by Crippen LogP contribution is 2.62. The second kappa shape index (κ2) is 10.0. The Kier molecular flexibility index (Phi) is 6.99. The monoisotopic (exact) mass is 481 g/mol. The minimum Gasteiger partial charge on any atom is -0.334 e. The lowest BCUT2D eigenvalue weighted by Crippen LogP contribution is -2.56. The fourth-order valence-electron chi connectivity index (χ4n) is 7.77. The predicted molar refractivity (Wildman–Crippen MR) is 149 cm³/mol. The van der Waals surface area contributed by atoms with E-state index in [1.54, 1.807) is 11.1 Å². The van der Waals surface area contributed by atoms with Crippen LogP contribution in [0.5, 0.6) is 0 Å². The second-order valence-electron chi connectivity index (χ2n) is 12.4. The average Bonchev–Trinajstić information content (AvgIpc) is 2.88. The van der Waals surface area contributed by atoms with E-state index in [0.717, 1.165) is 19.3 Å². The molecule has 3 aliphatic carbocycles. The number of rotatable bonds is 6. The van der Waals surface area contributed by atoms with Gasteiger partial charge in [-0.1, -0.05) is 113 Å². The van der Waals surface area contributed by atoms with E-state index < -0.39 is 0 Å². The molecule has 0 heterocycles. The van der Waals surface area contributed by atoms with Gasteiger partial charge in [-0.2, -0.15) is 0 Å². The van der Waals surface area contributed by atoms with Crippen molar-refractivity contribution in [3.05, 3.63) is 95.1 Å². The largest absolute Gasteiger partial charge is 0.334 e. The van der Waals surface area contributed by atoms with Gasteiger partial charge in [-0.15, -0.1) is 0 Å². The molecule has 2 nitrogen and oxygen atoms in total. The highest BCUT2D eigenvalue weighted by atomic mass is 16.2. The van der Waals surface area contributed by atoms with Gasteiger partial charge in [-0.25, -0.2) is 0 Å². The van der Waals surface area contributed by atoms with Crippen LogP contribution in [0.25, 0.3) is 0 Å². The first-order valence-corrected chi connectivity index (χ1v) is 14.1. The standard InChI is InChI=1S/C34H43NO/c1-25(2)28-16-18-30-29(22-28)17-19-31-33(30,3)20-11-21-34(31,4)32(36)35(23-26-12-7-5-8-13-26)24-27-14-9-6-10-15-27/h5-10,12-15,17,22,25,30-31H,11,16,18-21,23-24H2,1-4H3/t30-,31+,33+,34+/m0/s1. The SMILES string of the molecule is CC(C)C1=CC2=CC[C@@H]3[C@](C)(CCC[C@@]3(C)C(=O)N(Cc3ccccc3)Cc3ccccc3)[C@H]2CC1. The number of amides is 1. The van der Waals surface area contributed by atoms with Crippen molar-refractivity contribution in [1.29, 1.82) is 0 Å². The van der Waals surface area contributed by atoms with Crippen LogP contribution < -0.4 is 0 Å². The van der Waals surface area contributed by atoms with Crippen molar-refractivity contribution in [1.82, 2.24) is 4.90 Å². The molecule has 0 spiro atoms. The first-order chi connectivity index (χ1) is 17.3. The third-order valence-electron chi connectivity index (χ3n) is 9.79. The molecule has 1 amide bonds. The van der Waals surface area contributed by atoms with E-state index in [2.05, 4.69) is 105 Å². The van der Waals surface area contributed by atoms with Gasteiger partial charge in [0.05, 0.1) is 5.41 Å². The first-order valence-electron chi connectivity index (χ1n) is 14.1. The van der Waals surface area contributed by atoms with Crippen LogP contribution in [-0.2, 0) is 17.9 Å². The summed E-state index contributed by atoms with van der Waals surface area (Å²) in [5.41, 5.74) is 5.43. The minimum atomic E-state index is -0.333. The lowest BCUT2D eigenvalue weighted by Gasteiger charge is -2.58. The molecule has 36 heavy (non-hydrogen) atoms. The van der Waals surface area contributed by atoms with Gasteiger partial charge in [0.25, 0.3) is 0 Å². The molecule has 0 bridgehead atoms. The fraction of sp³-hybridized carbons (Fsp3) is 0.500. The Balaban J connectivity index is 1.47. The van der Waals surface area contributed by atoms with Crippen LogP contribution >= 0.6 is 0 Å². The van der Waals surface area contributed by atoms with E-state index in [1.807, 2.05) is 0 Å². The Bertz CT molecular complexity index is 1090. The van der Waals surface area contributed by atoms with Gasteiger partial charge in [-0.05, 0) is 72.0 Å². The number of nitrogens with zero attached hydrogens (tertiary/aromatic N) is 1. The normalized spacial score (nSPS) is 29.6. The van der Waals surface area contributed by atoms with Gasteiger partial charge >= 0.3 is 0 Å². The number of carbonyl (C=O) groups excluding carboxylic acids is 1. The molecule has 2 heteroatoms. The van der Waals surface area contributed by atoms with E-state index >= 15 is 0 Å². The first kappa shape index (κ1) is 25.1. The van der Waals surface area contributed by atoms with Crippen LogP contribution in [0.2, 0.25) is 0 Å². The van der Waals surface area contributed by atoms with Gasteiger partial charge in [-0.3, -0.25) is 4.79 Å². The van der Waals surface area contributed by atoms with Gasteiger partial charge < -0.3 is 4.90 Å². The molecule has 0 aliphatic heterocycles. The average molecular weight is 482 g/mol. The number of hydrogen-bond acceptors (Lipinski definition) is 1. The van der Waals surface area contributed by atoms with Crippen LogP contribution in [-0.4, -0.2) is 10.8 Å². The highest BCUT2D eigenvalue weighted by Gasteiger charge is 2.57. The number of fused-ring (bicyclic) bond motifs is 3. The van der Waals surface area contributed by atoms with Crippen molar-refractivity contribution in [2.45, 2.75) is 79.3 Å². The van der Waals surface area contributed by atoms with Gasteiger partial charge in [0.1, 0.15) is 0 Å². The van der Waals surface area contributed by atoms with Crippen molar-refractivity contribution in [3.8, 4) is 0 Å². The van der Waals surface area contributed by atoms with Crippen molar-refractivity contribution in [2.24, 2.45) is 28.6 Å². The third kappa shape index (κ3) is 4.60. The Morgan fingerprint density at radius 1 is 0.944 bits per heavy atom. The topological polar surface area (TPSA) is 20.3 Å². The molecule has 1 fully saturated rings. The maximum atomic E-state index is 14.6. The summed E-state index contributed by atoms with van der Waals surface area (Å²) in [6, 6.07) is 21.0. The third-order valence-corrected chi connectivity index (χ3v) is 9.79. The molecular formula is C34H43NO. The van der Waals surface area contributed by atoms with E-state index in [1.165, 1.54) is 30.4 Å². The Morgan fingerprint density at radius 3 is 2.14 bits per heavy atom. The van der Waals surface area contributed by atoms with Crippen LogP contribution in [0.4, 0.5) is 0 Å². The van der Waals surface area contributed by atoms with Crippen molar-refractivity contribution < 1.29 is 4.79 Å². The zero-order chi connectivity index (χ0) is 25.3. The van der Waals surface area contributed by atoms with Crippen LogP contribution in [0.3, 0.4) is 0 Å². The molecule has 0 radical (unpaired) electrons. The zero-order valence-electron chi connectivity index (χ0n) is 22.7. The van der Waals surface area contributed by atoms with E-state index in [4.69, 9.17) is 0 Å². The molecule has 2 aromatic carbocycles. The summed E-state index contributed by atoms with van der Waals surface area (Å²) in [5.74, 6) is 1.95. The lowest BCUT2D eigenvalue weighted by molar-refractivity contribution is -0.157. The summed E-state index contributed by atoms with van der Waals surface area (Å²) >= 11 is 0. The van der Waals surface area contributed by atoms with Gasteiger partial charge in [0.2, 0.25) is 5.91 Å². The summed E-state index contributed by atoms with van der Waals surface area (Å²) in [4.78, 5) is 16.8. The van der Waals surface area contributed by atoms with Gasteiger partial charge in [0.15, 0.2) is 0 Å². The van der Waals surface area contributed by atoms with E-state index in [0.29, 0.717) is 36.8 Å². The number of allylic oxidation sites excluding steroid dienone is 4. The number of benzene rings is 2. The summed E-state index contributed by atoms with van der Waals surface area (Å²) in [7, 11) is 0. The Hall–Kier alpha value is -2.61. The molecule has 0 unspecified atom stereocenters. The molecule has 2 aromatic rings. The number of hydrogen-bond donors (Lipinski definition) is 0. The highest BCUT2D eigenvalue weighted by molar-refractivity contribution is 5.83. The molecule has 3 aliphatic rings. The zero-order valence-corrected chi connectivity index (χ0v) is 22.7. The van der Waals surface area contributed by atoms with Crippen LogP contribution in [0, 0.1) is 28.6 Å². The molecule has 0 saturated heterocycles. The minimum absolute atomic E-state index is 0.191. The van der Waals surface area contributed by atoms with Crippen LogP contribution in [0.1, 0.15) is 77.3 Å². The molecule has 0 N–H and O–H groups in total. The summed E-state index contributed by atoms with van der Waals surface area (Å²) in [5, 5.41) is 0. The second-order valence-corrected chi connectivity index (χ2v) is 12.4. The predicted octanol–water partition coefficient (Wildman–Crippen LogP) is 8.35. The Labute approximate surface area is 218 Å². The van der Waals surface area contributed by atoms with Crippen molar-refractivity contribution >= 4 is 5.91 Å². The molecule has 0 aromatic heterocycles.